The van der Waals surface area contributed by atoms with Gasteiger partial charge in [0.15, 0.2) is 11.4 Å². The number of anilines is 1. The Labute approximate surface area is 136 Å². The number of nitrogens with one attached hydrogen (secondary N) is 1. The van der Waals surface area contributed by atoms with E-state index < -0.39 is 11.8 Å². The summed E-state index contributed by atoms with van der Waals surface area (Å²) in [5.41, 5.74) is 6.99. The topological polar surface area (TPSA) is 129 Å². The lowest BCUT2D eigenvalue weighted by atomic mass is 10.2. The Morgan fingerprint density at radius 2 is 2.17 bits per heavy atom. The molecule has 9 nitrogen and oxygen atoms in total. The number of amides is 2. The highest BCUT2D eigenvalue weighted by Gasteiger charge is 2.19. The zero-order chi connectivity index (χ0) is 17.3. The smallest absolute Gasteiger partial charge is 0.277 e. The largest absolute Gasteiger partial charge is 0.444 e. The van der Waals surface area contributed by atoms with Gasteiger partial charge < -0.3 is 15.5 Å². The maximum Gasteiger partial charge on any atom is 0.277 e. The summed E-state index contributed by atoms with van der Waals surface area (Å²) in [6.45, 7) is 1.84. The highest BCUT2D eigenvalue weighted by molar-refractivity contribution is 6.07. The molecule has 3 heterocycles. The molecule has 0 saturated heterocycles. The Balaban J connectivity index is 1.83. The highest BCUT2D eigenvalue weighted by atomic mass is 16.3. The van der Waals surface area contributed by atoms with Crippen LogP contribution in [0.3, 0.4) is 0 Å². The Bertz CT molecular complexity index is 927. The van der Waals surface area contributed by atoms with Crippen molar-refractivity contribution in [2.75, 3.05) is 5.32 Å². The number of oxazole rings is 1. The minimum Gasteiger partial charge on any atom is -0.444 e. The van der Waals surface area contributed by atoms with Crippen molar-refractivity contribution in [1.29, 1.82) is 0 Å². The molecule has 3 N–H and O–H groups in total. The van der Waals surface area contributed by atoms with Crippen molar-refractivity contribution in [3.63, 3.8) is 0 Å². The summed E-state index contributed by atoms with van der Waals surface area (Å²) in [6.07, 6.45) is 4.34. The number of primary amides is 1. The van der Waals surface area contributed by atoms with Crippen LogP contribution in [0, 0.1) is 6.92 Å². The van der Waals surface area contributed by atoms with Crippen LogP contribution in [0.1, 0.15) is 26.7 Å². The van der Waals surface area contributed by atoms with Crippen molar-refractivity contribution in [3.8, 4) is 11.5 Å². The molecule has 0 unspecified atom stereocenters. The summed E-state index contributed by atoms with van der Waals surface area (Å²) < 4.78 is 6.71. The van der Waals surface area contributed by atoms with Crippen LogP contribution in [0.25, 0.3) is 11.5 Å². The molecule has 24 heavy (non-hydrogen) atoms. The van der Waals surface area contributed by atoms with Crippen LogP contribution in [-0.2, 0) is 7.05 Å². The van der Waals surface area contributed by atoms with Crippen molar-refractivity contribution < 1.29 is 14.0 Å². The van der Waals surface area contributed by atoms with Gasteiger partial charge in [0.1, 0.15) is 6.26 Å². The Hall–Kier alpha value is -3.49. The summed E-state index contributed by atoms with van der Waals surface area (Å²) >= 11 is 0. The van der Waals surface area contributed by atoms with Crippen LogP contribution in [0.2, 0.25) is 0 Å². The van der Waals surface area contributed by atoms with Crippen LogP contribution in [0.15, 0.2) is 35.2 Å². The van der Waals surface area contributed by atoms with E-state index in [-0.39, 0.29) is 17.1 Å². The highest BCUT2D eigenvalue weighted by Crippen LogP contribution is 2.20. The number of pyridine rings is 1. The first-order valence-electron chi connectivity index (χ1n) is 6.97. The Morgan fingerprint density at radius 1 is 1.38 bits per heavy atom. The Kier molecular flexibility index (Phi) is 3.82. The molecule has 9 heteroatoms. The van der Waals surface area contributed by atoms with E-state index in [0.717, 1.165) is 5.69 Å². The van der Waals surface area contributed by atoms with Crippen molar-refractivity contribution in [2.45, 2.75) is 6.92 Å². The molecule has 3 rings (SSSR count). The average molecular weight is 326 g/mol. The monoisotopic (exact) mass is 326 g/mol. The minimum absolute atomic E-state index is 0.0284. The van der Waals surface area contributed by atoms with E-state index in [1.54, 1.807) is 25.4 Å². The van der Waals surface area contributed by atoms with E-state index in [0.29, 0.717) is 11.5 Å². The van der Waals surface area contributed by atoms with Gasteiger partial charge in [-0.15, -0.1) is 0 Å². The molecular formula is C15H14N6O3. The lowest BCUT2D eigenvalue weighted by Gasteiger charge is -2.00. The first-order chi connectivity index (χ1) is 11.4. The molecule has 0 fully saturated rings. The van der Waals surface area contributed by atoms with Crippen molar-refractivity contribution in [1.82, 2.24) is 19.7 Å². The molecule has 0 bridgehead atoms. The van der Waals surface area contributed by atoms with E-state index in [9.17, 15) is 9.59 Å². The van der Waals surface area contributed by atoms with Gasteiger partial charge in [-0.25, -0.2) is 4.98 Å². The molecule has 0 aliphatic rings. The minimum atomic E-state index is -0.737. The third kappa shape index (κ3) is 3.00. The lowest BCUT2D eigenvalue weighted by Crippen LogP contribution is -2.18. The van der Waals surface area contributed by atoms with Gasteiger partial charge in [0.05, 0.1) is 5.69 Å². The molecular weight excluding hydrogens is 312 g/mol. The molecule has 3 aromatic heterocycles. The number of nitrogens with zero attached hydrogens (tertiary/aromatic N) is 4. The number of aryl methyl sites for hydroxylation is 2. The fraction of sp³-hybridized carbons (Fsp3) is 0.133. The third-order valence-electron chi connectivity index (χ3n) is 3.19. The number of carbonyl (C=O) groups excluding carboxylic acids is 2. The maximum absolute atomic E-state index is 12.3. The molecule has 0 saturated carbocycles. The van der Waals surface area contributed by atoms with Crippen LogP contribution in [0.5, 0.6) is 0 Å². The number of hydrogen-bond donors (Lipinski definition) is 2. The standard InChI is InChI=1S/C15H14N6O3/c1-8-5-9(3-4-17-8)15-19-11(7-24-15)14(23)18-10-6-21(2)20-12(10)13(16)22/h3-7H,1-2H3,(H2,16,22)(H,18,23). The fourth-order valence-corrected chi connectivity index (χ4v) is 2.14. The van der Waals surface area contributed by atoms with Gasteiger partial charge in [0.25, 0.3) is 11.8 Å². The molecule has 122 valence electrons. The molecule has 2 amide bonds. The maximum atomic E-state index is 12.3. The summed E-state index contributed by atoms with van der Waals surface area (Å²) in [6, 6.07) is 3.52. The van der Waals surface area contributed by atoms with E-state index in [1.165, 1.54) is 17.1 Å². The van der Waals surface area contributed by atoms with Crippen LogP contribution in [0.4, 0.5) is 5.69 Å². The summed E-state index contributed by atoms with van der Waals surface area (Å²) in [5.74, 6) is -0.975. The Morgan fingerprint density at radius 3 is 2.88 bits per heavy atom. The molecule has 0 spiro atoms. The second-order valence-electron chi connectivity index (χ2n) is 5.11. The molecule has 0 atom stereocenters. The number of hydrogen-bond acceptors (Lipinski definition) is 6. The molecule has 0 aromatic carbocycles. The van der Waals surface area contributed by atoms with Crippen LogP contribution < -0.4 is 11.1 Å². The van der Waals surface area contributed by atoms with E-state index in [1.807, 2.05) is 6.92 Å². The molecule has 0 radical (unpaired) electrons. The lowest BCUT2D eigenvalue weighted by molar-refractivity contribution is 0.0995. The number of nitrogens with two attached hydrogens (primary N) is 1. The number of rotatable bonds is 4. The van der Waals surface area contributed by atoms with E-state index >= 15 is 0 Å². The quantitative estimate of drug-likeness (QED) is 0.739. The van der Waals surface area contributed by atoms with E-state index in [4.69, 9.17) is 10.2 Å². The SMILES string of the molecule is Cc1cc(-c2nc(C(=O)Nc3cn(C)nc3C(N)=O)co2)ccn1. The van der Waals surface area contributed by atoms with Crippen molar-refractivity contribution in [3.05, 3.63) is 47.9 Å². The van der Waals surface area contributed by atoms with Gasteiger partial charge in [-0.05, 0) is 19.1 Å². The van der Waals surface area contributed by atoms with Crippen molar-refractivity contribution in [2.24, 2.45) is 12.8 Å². The zero-order valence-corrected chi connectivity index (χ0v) is 13.0. The fourth-order valence-electron chi connectivity index (χ4n) is 2.14. The third-order valence-corrected chi connectivity index (χ3v) is 3.19. The predicted molar refractivity (Wildman–Crippen MR) is 84.2 cm³/mol. The summed E-state index contributed by atoms with van der Waals surface area (Å²) in [7, 11) is 1.61. The van der Waals surface area contributed by atoms with Gasteiger partial charge in [-0.2, -0.15) is 5.10 Å². The first-order valence-corrected chi connectivity index (χ1v) is 6.97. The van der Waals surface area contributed by atoms with Gasteiger partial charge in [0, 0.05) is 30.7 Å². The summed E-state index contributed by atoms with van der Waals surface area (Å²) in [5, 5.41) is 6.44. The zero-order valence-electron chi connectivity index (χ0n) is 13.0. The average Bonchev–Trinajstić information content (AvgIpc) is 3.14. The predicted octanol–water partition coefficient (Wildman–Crippen LogP) is 1.13. The van der Waals surface area contributed by atoms with Gasteiger partial charge in [-0.3, -0.25) is 19.3 Å². The second kappa shape index (κ2) is 5.95. The normalized spacial score (nSPS) is 10.6. The molecule has 0 aliphatic carbocycles. The van der Waals surface area contributed by atoms with Crippen LogP contribution >= 0.6 is 0 Å². The second-order valence-corrected chi connectivity index (χ2v) is 5.11. The number of carbonyl (C=O) groups is 2. The molecule has 3 aromatic rings. The summed E-state index contributed by atoms with van der Waals surface area (Å²) in [4.78, 5) is 31.8. The van der Waals surface area contributed by atoms with Gasteiger partial charge in [0.2, 0.25) is 5.89 Å². The van der Waals surface area contributed by atoms with E-state index in [2.05, 4.69) is 20.4 Å². The van der Waals surface area contributed by atoms with Crippen LogP contribution in [-0.4, -0.2) is 31.6 Å². The molecule has 0 aliphatic heterocycles. The first kappa shape index (κ1) is 15.4. The van der Waals surface area contributed by atoms with Gasteiger partial charge >= 0.3 is 0 Å². The van der Waals surface area contributed by atoms with Crippen molar-refractivity contribution >= 4 is 17.5 Å². The van der Waals surface area contributed by atoms with Gasteiger partial charge in [-0.1, -0.05) is 0 Å². The number of aromatic nitrogens is 4.